The largest absolute Gasteiger partial charge is 0.369 e. The van der Waals surface area contributed by atoms with E-state index in [0.717, 1.165) is 6.42 Å². The molecule has 1 aliphatic carbocycles. The molecular formula is C13H16FN3. The number of halogens is 1. The number of hydrogen-bond acceptors (Lipinski definition) is 2. The molecule has 1 saturated carbocycles. The number of para-hydroxylation sites is 1. The second kappa shape index (κ2) is 3.72. The molecule has 0 bridgehead atoms. The molecule has 2 aromatic rings. The molecule has 3 nitrogen and oxygen atoms in total. The van der Waals surface area contributed by atoms with E-state index in [1.807, 2.05) is 10.6 Å². The summed E-state index contributed by atoms with van der Waals surface area (Å²) in [6, 6.07) is 5.24. The molecule has 90 valence electrons. The second-order valence-corrected chi connectivity index (χ2v) is 4.92. The van der Waals surface area contributed by atoms with Crippen LogP contribution in [-0.4, -0.2) is 9.55 Å². The highest BCUT2D eigenvalue weighted by atomic mass is 19.1. The Morgan fingerprint density at radius 3 is 2.94 bits per heavy atom. The summed E-state index contributed by atoms with van der Waals surface area (Å²) in [5, 5.41) is 0. The number of nitrogens with two attached hydrogens (primary N) is 1. The van der Waals surface area contributed by atoms with Crippen LogP contribution in [0.5, 0.6) is 0 Å². The van der Waals surface area contributed by atoms with Gasteiger partial charge in [0, 0.05) is 6.04 Å². The lowest BCUT2D eigenvalue weighted by Crippen LogP contribution is -2.14. The number of imidazole rings is 1. The van der Waals surface area contributed by atoms with E-state index in [1.165, 1.54) is 18.9 Å². The number of rotatable bonds is 1. The van der Waals surface area contributed by atoms with Gasteiger partial charge >= 0.3 is 0 Å². The lowest BCUT2D eigenvalue weighted by molar-refractivity contribution is 0.418. The summed E-state index contributed by atoms with van der Waals surface area (Å²) in [5.41, 5.74) is 7.16. The zero-order valence-corrected chi connectivity index (χ0v) is 9.86. The fourth-order valence-electron chi connectivity index (χ4n) is 2.97. The summed E-state index contributed by atoms with van der Waals surface area (Å²) in [6.45, 7) is 2.20. The van der Waals surface area contributed by atoms with E-state index in [4.69, 9.17) is 5.73 Å². The maximum atomic E-state index is 13.9. The molecule has 0 radical (unpaired) electrons. The summed E-state index contributed by atoms with van der Waals surface area (Å²) in [6.07, 6.45) is 3.42. The lowest BCUT2D eigenvalue weighted by Gasteiger charge is -2.19. The van der Waals surface area contributed by atoms with Gasteiger partial charge < -0.3 is 10.3 Å². The van der Waals surface area contributed by atoms with Crippen LogP contribution in [0, 0.1) is 11.7 Å². The van der Waals surface area contributed by atoms with Crippen LogP contribution in [0.25, 0.3) is 11.0 Å². The highest BCUT2D eigenvalue weighted by Crippen LogP contribution is 2.39. The van der Waals surface area contributed by atoms with Crippen molar-refractivity contribution in [3.8, 4) is 0 Å². The molecule has 1 aliphatic rings. The minimum absolute atomic E-state index is 0.231. The first-order valence-electron chi connectivity index (χ1n) is 6.10. The monoisotopic (exact) mass is 233 g/mol. The molecule has 0 spiro atoms. The molecule has 1 fully saturated rings. The minimum Gasteiger partial charge on any atom is -0.369 e. The third kappa shape index (κ3) is 1.51. The van der Waals surface area contributed by atoms with Crippen LogP contribution in [-0.2, 0) is 0 Å². The Balaban J connectivity index is 2.24. The highest BCUT2D eigenvalue weighted by Gasteiger charge is 2.28. The number of nitrogen functional groups attached to an aromatic ring is 1. The van der Waals surface area contributed by atoms with Crippen molar-refractivity contribution in [1.82, 2.24) is 9.55 Å². The average molecular weight is 233 g/mol. The lowest BCUT2D eigenvalue weighted by atomic mass is 10.1. The molecule has 0 amide bonds. The summed E-state index contributed by atoms with van der Waals surface area (Å²) in [5.74, 6) is 0.740. The van der Waals surface area contributed by atoms with Gasteiger partial charge in [-0.1, -0.05) is 19.4 Å². The summed E-state index contributed by atoms with van der Waals surface area (Å²) >= 11 is 0. The van der Waals surface area contributed by atoms with Crippen LogP contribution < -0.4 is 5.73 Å². The zero-order valence-electron chi connectivity index (χ0n) is 9.86. The Morgan fingerprint density at radius 2 is 2.24 bits per heavy atom. The van der Waals surface area contributed by atoms with E-state index in [-0.39, 0.29) is 11.9 Å². The molecule has 2 N–H and O–H groups in total. The normalized spacial score (nSPS) is 24.6. The molecule has 2 atom stereocenters. The number of hydrogen-bond donors (Lipinski definition) is 1. The number of fused-ring (bicyclic) bond motifs is 1. The van der Waals surface area contributed by atoms with Gasteiger partial charge in [-0.15, -0.1) is 0 Å². The van der Waals surface area contributed by atoms with E-state index in [2.05, 4.69) is 11.9 Å². The average Bonchev–Trinajstić information content (AvgIpc) is 2.82. The number of aromatic nitrogens is 2. The second-order valence-electron chi connectivity index (χ2n) is 4.92. The Bertz CT molecular complexity index is 561. The smallest absolute Gasteiger partial charge is 0.201 e. The van der Waals surface area contributed by atoms with Crippen LogP contribution >= 0.6 is 0 Å². The number of benzene rings is 1. The van der Waals surface area contributed by atoms with Crippen molar-refractivity contribution >= 4 is 17.0 Å². The third-order valence-electron chi connectivity index (χ3n) is 3.84. The summed E-state index contributed by atoms with van der Waals surface area (Å²) in [7, 11) is 0. The molecule has 0 aliphatic heterocycles. The summed E-state index contributed by atoms with van der Waals surface area (Å²) < 4.78 is 15.8. The molecular weight excluding hydrogens is 217 g/mol. The molecule has 1 heterocycles. The molecule has 17 heavy (non-hydrogen) atoms. The standard InChI is InChI=1S/C13H16FN3/c1-8-4-2-7-11(8)17-12-9(14)5-3-6-10(12)16-13(17)15/h3,5-6,8,11H,2,4,7H2,1H3,(H2,15,16). The van der Waals surface area contributed by atoms with Gasteiger partial charge in [0.15, 0.2) is 0 Å². The van der Waals surface area contributed by atoms with Crippen LogP contribution in [0.2, 0.25) is 0 Å². The Kier molecular flexibility index (Phi) is 2.31. The number of anilines is 1. The summed E-state index contributed by atoms with van der Waals surface area (Å²) in [4.78, 5) is 4.25. The van der Waals surface area contributed by atoms with E-state index < -0.39 is 0 Å². The van der Waals surface area contributed by atoms with Gasteiger partial charge in [-0.25, -0.2) is 9.37 Å². The first kappa shape index (κ1) is 10.6. The highest BCUT2D eigenvalue weighted by molar-refractivity contribution is 5.79. The van der Waals surface area contributed by atoms with Gasteiger partial charge in [0.05, 0.1) is 5.52 Å². The SMILES string of the molecule is CC1CCCC1n1c(N)nc2cccc(F)c21. The van der Waals surface area contributed by atoms with Gasteiger partial charge in [0.1, 0.15) is 11.3 Å². The van der Waals surface area contributed by atoms with Crippen LogP contribution in [0.4, 0.5) is 10.3 Å². The third-order valence-corrected chi connectivity index (χ3v) is 3.84. The van der Waals surface area contributed by atoms with Crippen molar-refractivity contribution in [3.05, 3.63) is 24.0 Å². The quantitative estimate of drug-likeness (QED) is 0.822. The fourth-order valence-corrected chi connectivity index (χ4v) is 2.97. The van der Waals surface area contributed by atoms with Crippen LogP contribution in [0.1, 0.15) is 32.2 Å². The zero-order chi connectivity index (χ0) is 12.0. The maximum absolute atomic E-state index is 13.9. The minimum atomic E-state index is -0.231. The van der Waals surface area contributed by atoms with E-state index in [0.29, 0.717) is 22.9 Å². The van der Waals surface area contributed by atoms with Crippen LogP contribution in [0.3, 0.4) is 0 Å². The fraction of sp³-hybridized carbons (Fsp3) is 0.462. The molecule has 0 saturated heterocycles. The molecule has 2 unspecified atom stereocenters. The number of nitrogens with zero attached hydrogens (tertiary/aromatic N) is 2. The first-order chi connectivity index (χ1) is 8.18. The van der Waals surface area contributed by atoms with Crippen molar-refractivity contribution in [2.24, 2.45) is 5.92 Å². The Morgan fingerprint density at radius 1 is 1.41 bits per heavy atom. The molecule has 1 aromatic heterocycles. The van der Waals surface area contributed by atoms with Gasteiger partial charge in [0.25, 0.3) is 0 Å². The van der Waals surface area contributed by atoms with Crippen molar-refractivity contribution in [2.75, 3.05) is 5.73 Å². The van der Waals surface area contributed by atoms with Crippen molar-refractivity contribution < 1.29 is 4.39 Å². The predicted molar refractivity (Wildman–Crippen MR) is 66.2 cm³/mol. The Labute approximate surface area is 99.4 Å². The maximum Gasteiger partial charge on any atom is 0.201 e. The van der Waals surface area contributed by atoms with Crippen molar-refractivity contribution in [1.29, 1.82) is 0 Å². The Hall–Kier alpha value is -1.58. The van der Waals surface area contributed by atoms with Gasteiger partial charge in [0.2, 0.25) is 5.95 Å². The first-order valence-corrected chi connectivity index (χ1v) is 6.10. The van der Waals surface area contributed by atoms with E-state index >= 15 is 0 Å². The van der Waals surface area contributed by atoms with Crippen LogP contribution in [0.15, 0.2) is 18.2 Å². The molecule has 3 rings (SSSR count). The molecule has 1 aromatic carbocycles. The predicted octanol–water partition coefficient (Wildman–Crippen LogP) is 3.12. The van der Waals surface area contributed by atoms with Gasteiger partial charge in [-0.05, 0) is 30.9 Å². The molecule has 4 heteroatoms. The van der Waals surface area contributed by atoms with E-state index in [9.17, 15) is 4.39 Å². The van der Waals surface area contributed by atoms with Gasteiger partial charge in [-0.3, -0.25) is 0 Å². The van der Waals surface area contributed by atoms with Crippen molar-refractivity contribution in [2.45, 2.75) is 32.2 Å². The topological polar surface area (TPSA) is 43.8 Å². The van der Waals surface area contributed by atoms with Gasteiger partial charge in [-0.2, -0.15) is 0 Å². The van der Waals surface area contributed by atoms with Crippen molar-refractivity contribution in [3.63, 3.8) is 0 Å². The van der Waals surface area contributed by atoms with E-state index in [1.54, 1.807) is 6.07 Å².